The minimum absolute atomic E-state index is 0.119. The molecule has 1 saturated carbocycles. The summed E-state index contributed by atoms with van der Waals surface area (Å²) in [5.41, 5.74) is -0.254. The molecule has 2 fully saturated rings. The Morgan fingerprint density at radius 2 is 1.97 bits per heavy atom. The fourth-order valence-electron chi connectivity index (χ4n) is 4.19. The number of nitrogens with zero attached hydrogens (tertiary/aromatic N) is 3. The van der Waals surface area contributed by atoms with Crippen LogP contribution in [0.15, 0.2) is 34.2 Å². The Kier molecular flexibility index (Phi) is 7.07. The molecule has 2 aliphatic rings. The molecule has 1 aliphatic heterocycles. The van der Waals surface area contributed by atoms with Crippen LogP contribution >= 0.6 is 0 Å². The molecule has 2 N–H and O–H groups in total. The molecule has 1 aromatic rings. The fraction of sp³-hybridized carbons (Fsp3) is 0.632. The first-order valence-corrected chi connectivity index (χ1v) is 11.7. The van der Waals surface area contributed by atoms with Crippen LogP contribution in [0.25, 0.3) is 0 Å². The van der Waals surface area contributed by atoms with E-state index in [0.29, 0.717) is 6.54 Å². The van der Waals surface area contributed by atoms with Crippen LogP contribution in [0.1, 0.15) is 32.6 Å². The zero-order valence-electron chi connectivity index (χ0n) is 16.7. The second-order valence-corrected chi connectivity index (χ2v) is 9.36. The Balaban J connectivity index is 1.58. The molecule has 1 aromatic carbocycles. The molecule has 2 atom stereocenters. The van der Waals surface area contributed by atoms with Crippen molar-refractivity contribution in [3.8, 4) is 0 Å². The molecule has 29 heavy (non-hydrogen) atoms. The van der Waals surface area contributed by atoms with E-state index in [-0.39, 0.29) is 17.1 Å². The third-order valence-corrected chi connectivity index (χ3v) is 7.07. The zero-order chi connectivity index (χ0) is 20.9. The second kappa shape index (κ2) is 9.53. The summed E-state index contributed by atoms with van der Waals surface area (Å²) in [7, 11) is -3.82. The SMILES string of the molecule is CCNC(=NCCNS(=O)(=O)c1cccc([N+](=O)[O-])c1)N1CC2CCCCC2C1. The average Bonchev–Trinajstić information content (AvgIpc) is 3.14. The molecular formula is C19H29N5O4S. The van der Waals surface area contributed by atoms with Gasteiger partial charge in [0.05, 0.1) is 16.4 Å². The van der Waals surface area contributed by atoms with Crippen LogP contribution in [0.3, 0.4) is 0 Å². The van der Waals surface area contributed by atoms with Crippen LogP contribution in [0.5, 0.6) is 0 Å². The van der Waals surface area contributed by atoms with Gasteiger partial charge in [0.1, 0.15) is 0 Å². The summed E-state index contributed by atoms with van der Waals surface area (Å²) in [5.74, 6) is 2.30. The van der Waals surface area contributed by atoms with Crippen LogP contribution < -0.4 is 10.0 Å². The Bertz CT molecular complexity index is 844. The molecule has 0 radical (unpaired) electrons. The average molecular weight is 424 g/mol. The molecule has 0 aromatic heterocycles. The number of nitrogens with one attached hydrogen (secondary N) is 2. The highest BCUT2D eigenvalue weighted by atomic mass is 32.2. The second-order valence-electron chi connectivity index (χ2n) is 7.60. The van der Waals surface area contributed by atoms with Crippen molar-refractivity contribution in [1.29, 1.82) is 0 Å². The van der Waals surface area contributed by atoms with Crippen molar-refractivity contribution in [2.75, 3.05) is 32.7 Å². The van der Waals surface area contributed by atoms with E-state index in [4.69, 9.17) is 0 Å². The Morgan fingerprint density at radius 1 is 1.28 bits per heavy atom. The molecule has 1 aliphatic carbocycles. The van der Waals surface area contributed by atoms with E-state index in [0.717, 1.165) is 43.5 Å². The number of hydrogen-bond acceptors (Lipinski definition) is 5. The van der Waals surface area contributed by atoms with Crippen LogP contribution in [-0.2, 0) is 10.0 Å². The first-order valence-electron chi connectivity index (χ1n) is 10.2. The number of sulfonamides is 1. The quantitative estimate of drug-likeness (QED) is 0.228. The maximum Gasteiger partial charge on any atom is 0.270 e. The predicted molar refractivity (Wildman–Crippen MR) is 111 cm³/mol. The first kappa shape index (κ1) is 21.5. The number of nitro groups is 1. The predicted octanol–water partition coefficient (Wildman–Crippen LogP) is 1.96. The van der Waals surface area contributed by atoms with Gasteiger partial charge in [-0.15, -0.1) is 0 Å². The lowest BCUT2D eigenvalue weighted by atomic mass is 9.82. The molecular weight excluding hydrogens is 394 g/mol. The molecule has 9 nitrogen and oxygen atoms in total. The van der Waals surface area contributed by atoms with Gasteiger partial charge in [-0.1, -0.05) is 18.9 Å². The van der Waals surface area contributed by atoms with Gasteiger partial charge >= 0.3 is 0 Å². The Hall–Kier alpha value is -2.20. The van der Waals surface area contributed by atoms with E-state index in [9.17, 15) is 18.5 Å². The maximum atomic E-state index is 12.4. The summed E-state index contributed by atoms with van der Waals surface area (Å²) in [4.78, 5) is 17.0. The summed E-state index contributed by atoms with van der Waals surface area (Å²) >= 11 is 0. The highest BCUT2D eigenvalue weighted by Crippen LogP contribution is 2.35. The topological polar surface area (TPSA) is 117 Å². The number of rotatable bonds is 7. The monoisotopic (exact) mass is 423 g/mol. The lowest BCUT2D eigenvalue weighted by molar-refractivity contribution is -0.385. The summed E-state index contributed by atoms with van der Waals surface area (Å²) in [6.07, 6.45) is 5.18. The van der Waals surface area contributed by atoms with Gasteiger partial charge in [-0.3, -0.25) is 15.1 Å². The van der Waals surface area contributed by atoms with E-state index < -0.39 is 14.9 Å². The molecule has 1 saturated heterocycles. The van der Waals surface area contributed by atoms with E-state index in [1.807, 2.05) is 6.92 Å². The van der Waals surface area contributed by atoms with Crippen molar-refractivity contribution in [2.45, 2.75) is 37.5 Å². The minimum atomic E-state index is -3.82. The highest BCUT2D eigenvalue weighted by Gasteiger charge is 2.35. The lowest BCUT2D eigenvalue weighted by Crippen LogP contribution is -2.41. The fourth-order valence-corrected chi connectivity index (χ4v) is 5.25. The number of non-ortho nitro benzene ring substituents is 1. The molecule has 10 heteroatoms. The van der Waals surface area contributed by atoms with Crippen molar-refractivity contribution in [2.24, 2.45) is 16.8 Å². The molecule has 0 bridgehead atoms. The van der Waals surface area contributed by atoms with Crippen LogP contribution in [0.2, 0.25) is 0 Å². The number of nitro benzene ring substituents is 1. The van der Waals surface area contributed by atoms with Crippen LogP contribution in [0, 0.1) is 22.0 Å². The van der Waals surface area contributed by atoms with Gasteiger partial charge in [0.25, 0.3) is 5.69 Å². The smallest absolute Gasteiger partial charge is 0.270 e. The normalized spacial score (nSPS) is 22.4. The Morgan fingerprint density at radius 3 is 2.59 bits per heavy atom. The summed E-state index contributed by atoms with van der Waals surface area (Å²) in [5, 5.41) is 14.2. The van der Waals surface area contributed by atoms with Gasteiger partial charge in [0.2, 0.25) is 10.0 Å². The third kappa shape index (κ3) is 5.45. The minimum Gasteiger partial charge on any atom is -0.357 e. The molecule has 2 unspecified atom stereocenters. The van der Waals surface area contributed by atoms with Gasteiger partial charge in [-0.25, -0.2) is 13.1 Å². The zero-order valence-corrected chi connectivity index (χ0v) is 17.5. The number of benzene rings is 1. The Labute approximate surface area is 171 Å². The summed E-state index contributed by atoms with van der Waals surface area (Å²) in [6, 6.07) is 5.02. The number of guanidine groups is 1. The maximum absolute atomic E-state index is 12.4. The van der Waals surface area contributed by atoms with Crippen molar-refractivity contribution >= 4 is 21.7 Å². The number of likely N-dealkylation sites (tertiary alicyclic amines) is 1. The van der Waals surface area contributed by atoms with E-state index in [1.165, 1.54) is 43.9 Å². The largest absolute Gasteiger partial charge is 0.357 e. The van der Waals surface area contributed by atoms with Crippen molar-refractivity contribution < 1.29 is 13.3 Å². The highest BCUT2D eigenvalue weighted by molar-refractivity contribution is 7.89. The lowest BCUT2D eigenvalue weighted by Gasteiger charge is -2.22. The van der Waals surface area contributed by atoms with E-state index in [2.05, 4.69) is 19.9 Å². The molecule has 160 valence electrons. The van der Waals surface area contributed by atoms with Crippen LogP contribution in [0.4, 0.5) is 5.69 Å². The van der Waals surface area contributed by atoms with Crippen LogP contribution in [-0.4, -0.2) is 56.9 Å². The van der Waals surface area contributed by atoms with Gasteiger partial charge in [0.15, 0.2) is 5.96 Å². The summed E-state index contributed by atoms with van der Waals surface area (Å²) in [6.45, 7) is 5.21. The van der Waals surface area contributed by atoms with Crippen molar-refractivity contribution in [3.63, 3.8) is 0 Å². The third-order valence-electron chi connectivity index (χ3n) is 5.61. The first-order chi connectivity index (χ1) is 13.9. The molecule has 3 rings (SSSR count). The van der Waals surface area contributed by atoms with Gasteiger partial charge < -0.3 is 10.2 Å². The van der Waals surface area contributed by atoms with Gasteiger partial charge in [-0.05, 0) is 37.7 Å². The van der Waals surface area contributed by atoms with Gasteiger partial charge in [0, 0.05) is 38.3 Å². The number of aliphatic imine (C=N–C) groups is 1. The standard InChI is InChI=1S/C19H29N5O4S/c1-2-20-19(23-13-15-6-3-4-7-16(15)14-23)21-10-11-22-29(27,28)18-9-5-8-17(12-18)24(25)26/h5,8-9,12,15-16,22H,2-4,6-7,10-11,13-14H2,1H3,(H,20,21). The van der Waals surface area contributed by atoms with E-state index in [1.54, 1.807) is 0 Å². The molecule has 1 heterocycles. The van der Waals surface area contributed by atoms with Gasteiger partial charge in [-0.2, -0.15) is 0 Å². The van der Waals surface area contributed by atoms with Crippen molar-refractivity contribution in [3.05, 3.63) is 34.4 Å². The number of hydrogen-bond donors (Lipinski definition) is 2. The van der Waals surface area contributed by atoms with Crippen molar-refractivity contribution in [1.82, 2.24) is 14.9 Å². The van der Waals surface area contributed by atoms with E-state index >= 15 is 0 Å². The summed E-state index contributed by atoms with van der Waals surface area (Å²) < 4.78 is 27.3. The number of fused-ring (bicyclic) bond motifs is 1. The molecule has 0 amide bonds. The molecule has 0 spiro atoms.